The molecule has 5 fully saturated rings. The van der Waals surface area contributed by atoms with Crippen LogP contribution in [0.2, 0.25) is 0 Å². The molecule has 14 nitrogen and oxygen atoms in total. The Morgan fingerprint density at radius 2 is 1.79 bits per heavy atom. The molecule has 6 aliphatic rings. The van der Waals surface area contributed by atoms with Crippen molar-refractivity contribution >= 4 is 29.0 Å². The first-order chi connectivity index (χ1) is 25.4. The third-order valence-electron chi connectivity index (χ3n) is 11.5. The van der Waals surface area contributed by atoms with Crippen molar-refractivity contribution in [3.8, 4) is 28.4 Å². The van der Waals surface area contributed by atoms with E-state index in [1.54, 1.807) is 28.9 Å². The number of nitrogens with two attached hydrogens (primary N) is 1. The number of phenolic OH excluding ortho intramolecular Hbond substituents is 1. The highest BCUT2D eigenvalue weighted by atomic mass is 16.5. The number of rotatable bonds is 6. The maximum Gasteiger partial charge on any atom is 0.249 e. The van der Waals surface area contributed by atoms with E-state index in [1.807, 2.05) is 24.5 Å². The number of morpholine rings is 1. The summed E-state index contributed by atoms with van der Waals surface area (Å²) in [6, 6.07) is 15.5. The van der Waals surface area contributed by atoms with Crippen molar-refractivity contribution in [2.45, 2.75) is 68.7 Å². The molecule has 3 atom stereocenters. The second-order valence-electron chi connectivity index (χ2n) is 14.6. The molecule has 2 bridgehead atoms. The Morgan fingerprint density at radius 3 is 2.63 bits per heavy atom. The summed E-state index contributed by atoms with van der Waals surface area (Å²) >= 11 is 0. The molecule has 2 amide bonds. The number of carbonyl (C=O) groups excluding carboxylic acids is 2. The Kier molecular flexibility index (Phi) is 8.42. The molecule has 5 aliphatic heterocycles. The Bertz CT molecular complexity index is 1990. The van der Waals surface area contributed by atoms with E-state index >= 15 is 0 Å². The summed E-state index contributed by atoms with van der Waals surface area (Å²) in [6.07, 6.45) is 9.15. The Balaban J connectivity index is 0.874. The molecule has 7 heterocycles. The van der Waals surface area contributed by atoms with Crippen LogP contribution in [0, 0.1) is 0 Å². The van der Waals surface area contributed by atoms with Crippen LogP contribution in [0.1, 0.15) is 50.0 Å². The van der Waals surface area contributed by atoms with Crippen molar-refractivity contribution in [3.63, 3.8) is 0 Å². The molecule has 4 N–H and O–H groups in total. The normalized spacial score (nSPS) is 26.4. The smallest absolute Gasteiger partial charge is 0.249 e. The summed E-state index contributed by atoms with van der Waals surface area (Å²) in [5.41, 5.74) is 11.1. The predicted octanol–water partition coefficient (Wildman–Crippen LogP) is 3.24. The molecule has 10 rings (SSSR count). The molecule has 14 heteroatoms. The van der Waals surface area contributed by atoms with Crippen LogP contribution >= 0.6 is 0 Å². The van der Waals surface area contributed by atoms with Crippen molar-refractivity contribution in [2.24, 2.45) is 0 Å². The monoisotopic (exact) mass is 705 g/mol. The van der Waals surface area contributed by atoms with Crippen molar-refractivity contribution < 1.29 is 24.2 Å². The lowest BCUT2D eigenvalue weighted by Gasteiger charge is -2.44. The molecular weight excluding hydrogens is 662 g/mol. The molecule has 2 aromatic carbocycles. The molecule has 2 aromatic heterocycles. The minimum absolute atomic E-state index is 0.0907. The first-order valence-corrected chi connectivity index (χ1v) is 18.3. The number of nitrogen functional groups attached to an aromatic ring is 1. The summed E-state index contributed by atoms with van der Waals surface area (Å²) in [6.45, 7) is 4.37. The van der Waals surface area contributed by atoms with E-state index in [1.165, 1.54) is 5.56 Å². The average Bonchev–Trinajstić information content (AvgIpc) is 3.47. The second kappa shape index (κ2) is 13.4. The van der Waals surface area contributed by atoms with E-state index < -0.39 is 0 Å². The van der Waals surface area contributed by atoms with Gasteiger partial charge in [0.05, 0.1) is 54.8 Å². The fraction of sp³-hybridized carbons (Fsp3) is 0.447. The number of anilines is 3. The van der Waals surface area contributed by atoms with Gasteiger partial charge in [-0.25, -0.2) is 4.68 Å². The summed E-state index contributed by atoms with van der Waals surface area (Å²) < 4.78 is 14.4. The van der Waals surface area contributed by atoms with E-state index in [0.717, 1.165) is 62.4 Å². The molecule has 52 heavy (non-hydrogen) atoms. The molecule has 1 saturated carbocycles. The van der Waals surface area contributed by atoms with E-state index in [2.05, 4.69) is 47.4 Å². The highest BCUT2D eigenvalue weighted by molar-refractivity contribution is 6.02. The number of aromatic hydroxyl groups is 1. The maximum atomic E-state index is 12.8. The van der Waals surface area contributed by atoms with Gasteiger partial charge in [0, 0.05) is 37.7 Å². The van der Waals surface area contributed by atoms with Crippen LogP contribution in [0.15, 0.2) is 60.9 Å². The quantitative estimate of drug-likeness (QED) is 0.252. The first-order valence-electron chi connectivity index (χ1n) is 18.3. The summed E-state index contributed by atoms with van der Waals surface area (Å²) in [5.74, 6) is 1.25. The number of carbonyl (C=O) groups is 2. The fourth-order valence-corrected chi connectivity index (χ4v) is 8.92. The third kappa shape index (κ3) is 5.99. The molecule has 4 aromatic rings. The number of aromatic nitrogens is 4. The van der Waals surface area contributed by atoms with Gasteiger partial charge in [-0.2, -0.15) is 5.10 Å². The van der Waals surface area contributed by atoms with E-state index in [9.17, 15) is 14.7 Å². The first kappa shape index (κ1) is 32.7. The van der Waals surface area contributed by atoms with Crippen LogP contribution in [0.4, 0.5) is 17.2 Å². The Hall–Kier alpha value is -5.21. The van der Waals surface area contributed by atoms with Gasteiger partial charge < -0.3 is 30.1 Å². The molecule has 1 unspecified atom stereocenters. The van der Waals surface area contributed by atoms with Crippen molar-refractivity contribution in [2.75, 3.05) is 54.9 Å². The number of hydrogen-bond donors (Lipinski definition) is 3. The number of hydrogen-bond acceptors (Lipinski definition) is 12. The number of amides is 2. The van der Waals surface area contributed by atoms with Gasteiger partial charge in [0.25, 0.3) is 0 Å². The van der Waals surface area contributed by atoms with Crippen LogP contribution in [0.25, 0.3) is 16.9 Å². The highest BCUT2D eigenvalue weighted by Crippen LogP contribution is 2.45. The average molecular weight is 706 g/mol. The Morgan fingerprint density at radius 1 is 0.923 bits per heavy atom. The topological polar surface area (TPSA) is 164 Å². The third-order valence-corrected chi connectivity index (χ3v) is 11.5. The van der Waals surface area contributed by atoms with E-state index in [-0.39, 0.29) is 41.6 Å². The highest BCUT2D eigenvalue weighted by Gasteiger charge is 2.41. The fourth-order valence-electron chi connectivity index (χ4n) is 8.92. The van der Waals surface area contributed by atoms with Crippen LogP contribution < -0.4 is 25.6 Å². The summed E-state index contributed by atoms with van der Waals surface area (Å²) in [4.78, 5) is 31.8. The Labute approximate surface area is 301 Å². The molecule has 4 saturated heterocycles. The lowest BCUT2D eigenvalue weighted by atomic mass is 9.80. The largest absolute Gasteiger partial charge is 0.507 e. The summed E-state index contributed by atoms with van der Waals surface area (Å²) in [5, 5.41) is 25.9. The lowest BCUT2D eigenvalue weighted by Crippen LogP contribution is -2.54. The number of nitrogens with one attached hydrogen (secondary N) is 1. The molecular formula is C38H43N9O5. The van der Waals surface area contributed by atoms with E-state index in [0.29, 0.717) is 61.5 Å². The van der Waals surface area contributed by atoms with Gasteiger partial charge in [-0.05, 0) is 67.9 Å². The number of nitrogens with zero attached hydrogens (tertiary/aromatic N) is 7. The van der Waals surface area contributed by atoms with Crippen LogP contribution in [0.5, 0.6) is 11.5 Å². The predicted molar refractivity (Wildman–Crippen MR) is 194 cm³/mol. The van der Waals surface area contributed by atoms with Gasteiger partial charge in [-0.1, -0.05) is 24.3 Å². The number of para-hydroxylation sites is 2. The number of ether oxygens (including phenoxy) is 2. The maximum absolute atomic E-state index is 12.8. The van der Waals surface area contributed by atoms with Crippen LogP contribution in [-0.4, -0.2) is 105 Å². The number of imide groups is 1. The minimum atomic E-state index is -0.352. The van der Waals surface area contributed by atoms with Gasteiger partial charge in [-0.3, -0.25) is 19.8 Å². The SMILES string of the molecule is Nc1nnc(-c2ccccc2O)cc1-n1cc(N2CC3CN([C@H]4CC[C@@H](c5cccc6c5OCCN6[C@@H]5CCC(=O)NC5=O)CC4)[C@H](CO3)C2)cn1. The van der Waals surface area contributed by atoms with E-state index in [4.69, 9.17) is 15.2 Å². The zero-order valence-electron chi connectivity index (χ0n) is 28.9. The number of fused-ring (bicyclic) bond motifs is 5. The lowest BCUT2D eigenvalue weighted by molar-refractivity contribution is -0.134. The standard InChI is InChI=1S/C38H43N9O5/c39-37-33(16-30(42-43-37)29-4-1-2-7-34(29)48)47-19-25(17-40-47)44-18-26-22-52-27(20-44)21-46(26)24-10-8-23(9-11-24)28-5-3-6-31-36(28)51-15-14-45(31)32-12-13-35(49)41-38(32)50/h1-7,16-17,19,23-24,26-27,32,48H,8-15,18,20-22H2,(H2,39,43)(H,41,49,50)/t23-,24+,26-,27?,32+/m0/s1. The van der Waals surface area contributed by atoms with Crippen molar-refractivity contribution in [3.05, 3.63) is 66.5 Å². The number of phenols is 1. The van der Waals surface area contributed by atoms with Crippen molar-refractivity contribution in [1.82, 2.24) is 30.2 Å². The molecule has 1 aliphatic carbocycles. The zero-order valence-corrected chi connectivity index (χ0v) is 28.9. The molecule has 0 radical (unpaired) electrons. The van der Waals surface area contributed by atoms with Gasteiger partial charge in [0.2, 0.25) is 11.8 Å². The van der Waals surface area contributed by atoms with Gasteiger partial charge in [0.15, 0.2) is 5.82 Å². The number of benzene rings is 2. The minimum Gasteiger partial charge on any atom is -0.507 e. The molecule has 0 spiro atoms. The van der Waals surface area contributed by atoms with Gasteiger partial charge >= 0.3 is 0 Å². The van der Waals surface area contributed by atoms with Crippen LogP contribution in [0.3, 0.4) is 0 Å². The van der Waals surface area contributed by atoms with Gasteiger partial charge in [0.1, 0.15) is 29.8 Å². The second-order valence-corrected chi connectivity index (χ2v) is 14.6. The number of piperidine rings is 1. The zero-order chi connectivity index (χ0) is 35.3. The van der Waals surface area contributed by atoms with Crippen molar-refractivity contribution in [1.29, 1.82) is 0 Å². The van der Waals surface area contributed by atoms with Crippen LogP contribution in [-0.2, 0) is 14.3 Å². The van der Waals surface area contributed by atoms with Gasteiger partial charge in [-0.15, -0.1) is 10.2 Å². The summed E-state index contributed by atoms with van der Waals surface area (Å²) in [7, 11) is 0. The molecule has 270 valence electrons.